The fourth-order valence-electron chi connectivity index (χ4n) is 1.69. The lowest BCUT2D eigenvalue weighted by Crippen LogP contribution is -2.12. The average Bonchev–Trinajstić information content (AvgIpc) is 2.85. The molecule has 90 valence electrons. The third-order valence-corrected chi connectivity index (χ3v) is 3.49. The fraction of sp³-hybridized carbons (Fsp3) is 0.333. The fourth-order valence-corrected chi connectivity index (χ4v) is 2.50. The molecule has 2 aromatic heterocycles. The smallest absolute Gasteiger partial charge is 0.169 e. The molecule has 0 bridgehead atoms. The second-order valence-electron chi connectivity index (χ2n) is 3.79. The monoisotopic (exact) mass is 248 g/mol. The van der Waals surface area contributed by atoms with E-state index in [4.69, 9.17) is 5.73 Å². The molecule has 2 heterocycles. The number of aromatic nitrogens is 2. The van der Waals surface area contributed by atoms with Crippen molar-refractivity contribution in [3.8, 4) is 0 Å². The first-order chi connectivity index (χ1) is 8.31. The van der Waals surface area contributed by atoms with E-state index in [1.165, 1.54) is 4.88 Å². The first kappa shape index (κ1) is 11.9. The first-order valence-electron chi connectivity index (χ1n) is 5.67. The number of nitrogen functional groups attached to an aromatic ring is 1. The van der Waals surface area contributed by atoms with Gasteiger partial charge in [-0.25, -0.2) is 9.97 Å². The van der Waals surface area contributed by atoms with Gasteiger partial charge in [0, 0.05) is 17.3 Å². The van der Waals surface area contributed by atoms with Gasteiger partial charge in [0.25, 0.3) is 0 Å². The van der Waals surface area contributed by atoms with Crippen molar-refractivity contribution in [3.05, 3.63) is 34.8 Å². The Morgan fingerprint density at radius 1 is 1.41 bits per heavy atom. The van der Waals surface area contributed by atoms with Crippen LogP contribution in [0.2, 0.25) is 0 Å². The Morgan fingerprint density at radius 2 is 2.24 bits per heavy atom. The molecule has 4 nitrogen and oxygen atoms in total. The van der Waals surface area contributed by atoms with Crippen LogP contribution in [0.25, 0.3) is 0 Å². The van der Waals surface area contributed by atoms with Gasteiger partial charge in [0.1, 0.15) is 0 Å². The van der Waals surface area contributed by atoms with Crippen LogP contribution in [0.1, 0.15) is 30.7 Å². The molecule has 1 unspecified atom stereocenters. The Kier molecular flexibility index (Phi) is 3.93. The third-order valence-electron chi connectivity index (χ3n) is 2.50. The molecule has 0 aliphatic carbocycles. The number of nitrogens with one attached hydrogen (secondary N) is 1. The highest BCUT2D eigenvalue weighted by atomic mass is 32.1. The maximum atomic E-state index is 5.79. The van der Waals surface area contributed by atoms with Crippen LogP contribution in [-0.2, 0) is 0 Å². The predicted molar refractivity (Wildman–Crippen MR) is 72.0 cm³/mol. The standard InChI is InChI=1S/C12H16N4S/c1-2-4-9(10-5-3-8-17-10)16-12-11(13)14-6-7-15-12/h3,5-9H,2,4H2,1H3,(H2,13,14)(H,15,16). The van der Waals surface area contributed by atoms with Gasteiger partial charge in [-0.2, -0.15) is 0 Å². The van der Waals surface area contributed by atoms with Crippen molar-refractivity contribution in [2.24, 2.45) is 0 Å². The van der Waals surface area contributed by atoms with Crippen LogP contribution < -0.4 is 11.1 Å². The zero-order chi connectivity index (χ0) is 12.1. The van der Waals surface area contributed by atoms with Crippen molar-refractivity contribution in [3.63, 3.8) is 0 Å². The predicted octanol–water partition coefficient (Wildman–Crippen LogP) is 3.07. The van der Waals surface area contributed by atoms with Gasteiger partial charge < -0.3 is 11.1 Å². The zero-order valence-electron chi connectivity index (χ0n) is 9.76. The normalized spacial score (nSPS) is 12.3. The lowest BCUT2D eigenvalue weighted by molar-refractivity contribution is 0.684. The van der Waals surface area contributed by atoms with Crippen LogP contribution in [0.4, 0.5) is 11.6 Å². The molecule has 3 N–H and O–H groups in total. The van der Waals surface area contributed by atoms with Crippen LogP contribution in [0, 0.1) is 0 Å². The first-order valence-corrected chi connectivity index (χ1v) is 6.55. The summed E-state index contributed by atoms with van der Waals surface area (Å²) in [7, 11) is 0. The maximum absolute atomic E-state index is 5.79. The second-order valence-corrected chi connectivity index (χ2v) is 4.77. The van der Waals surface area contributed by atoms with E-state index in [0.29, 0.717) is 11.6 Å². The van der Waals surface area contributed by atoms with Gasteiger partial charge in [-0.3, -0.25) is 0 Å². The quantitative estimate of drug-likeness (QED) is 0.853. The Balaban J connectivity index is 2.16. The van der Waals surface area contributed by atoms with Crippen molar-refractivity contribution in [1.82, 2.24) is 9.97 Å². The number of hydrogen-bond acceptors (Lipinski definition) is 5. The number of nitrogens with two attached hydrogens (primary N) is 1. The molecular weight excluding hydrogens is 232 g/mol. The molecule has 5 heteroatoms. The highest BCUT2D eigenvalue weighted by molar-refractivity contribution is 7.10. The van der Waals surface area contributed by atoms with Gasteiger partial charge in [0.15, 0.2) is 11.6 Å². The van der Waals surface area contributed by atoms with E-state index in [1.54, 1.807) is 23.7 Å². The lowest BCUT2D eigenvalue weighted by atomic mass is 10.1. The molecule has 0 aromatic carbocycles. The summed E-state index contributed by atoms with van der Waals surface area (Å²) in [5.74, 6) is 1.12. The summed E-state index contributed by atoms with van der Waals surface area (Å²) in [6.45, 7) is 2.17. The van der Waals surface area contributed by atoms with E-state index >= 15 is 0 Å². The van der Waals surface area contributed by atoms with Gasteiger partial charge in [-0.15, -0.1) is 11.3 Å². The summed E-state index contributed by atoms with van der Waals surface area (Å²) in [5.41, 5.74) is 5.79. The van der Waals surface area contributed by atoms with E-state index in [1.807, 2.05) is 0 Å². The van der Waals surface area contributed by atoms with Gasteiger partial charge in [-0.1, -0.05) is 19.4 Å². The molecule has 2 aromatic rings. The van der Waals surface area contributed by atoms with Crippen LogP contribution in [0.15, 0.2) is 29.9 Å². The largest absolute Gasteiger partial charge is 0.381 e. The maximum Gasteiger partial charge on any atom is 0.169 e. The minimum absolute atomic E-state index is 0.263. The lowest BCUT2D eigenvalue weighted by Gasteiger charge is -2.17. The third kappa shape index (κ3) is 2.94. The molecule has 0 saturated carbocycles. The highest BCUT2D eigenvalue weighted by Gasteiger charge is 2.13. The number of anilines is 2. The van der Waals surface area contributed by atoms with E-state index in [2.05, 4.69) is 39.7 Å². The number of rotatable bonds is 5. The Labute approximate surface area is 105 Å². The molecule has 2 rings (SSSR count). The molecule has 17 heavy (non-hydrogen) atoms. The summed E-state index contributed by atoms with van der Waals surface area (Å²) in [6, 6.07) is 4.45. The molecule has 1 atom stereocenters. The number of thiophene rings is 1. The van der Waals surface area contributed by atoms with Crippen LogP contribution >= 0.6 is 11.3 Å². The molecule has 0 amide bonds. The summed E-state index contributed by atoms with van der Waals surface area (Å²) in [4.78, 5) is 9.55. The van der Waals surface area contributed by atoms with E-state index in [-0.39, 0.29) is 6.04 Å². The Hall–Kier alpha value is -1.62. The van der Waals surface area contributed by atoms with Crippen LogP contribution in [0.5, 0.6) is 0 Å². The average molecular weight is 248 g/mol. The van der Waals surface area contributed by atoms with Gasteiger partial charge in [-0.05, 0) is 17.9 Å². The van der Waals surface area contributed by atoms with Gasteiger partial charge in [0.05, 0.1) is 6.04 Å². The van der Waals surface area contributed by atoms with E-state index in [9.17, 15) is 0 Å². The molecule has 0 aliphatic heterocycles. The van der Waals surface area contributed by atoms with Crippen molar-refractivity contribution >= 4 is 23.0 Å². The summed E-state index contributed by atoms with van der Waals surface area (Å²) in [6.07, 6.45) is 5.41. The topological polar surface area (TPSA) is 63.8 Å². The summed E-state index contributed by atoms with van der Waals surface area (Å²) in [5, 5.41) is 5.45. The van der Waals surface area contributed by atoms with E-state index < -0.39 is 0 Å². The van der Waals surface area contributed by atoms with Crippen LogP contribution in [-0.4, -0.2) is 9.97 Å². The SMILES string of the molecule is CCCC(Nc1nccnc1N)c1cccs1. The minimum Gasteiger partial charge on any atom is -0.381 e. The second kappa shape index (κ2) is 5.63. The van der Waals surface area contributed by atoms with Crippen molar-refractivity contribution < 1.29 is 0 Å². The molecule has 0 spiro atoms. The molecule has 0 radical (unpaired) electrons. The van der Waals surface area contributed by atoms with E-state index in [0.717, 1.165) is 12.8 Å². The summed E-state index contributed by atoms with van der Waals surface area (Å²) >= 11 is 1.74. The number of hydrogen-bond donors (Lipinski definition) is 2. The number of nitrogens with zero attached hydrogens (tertiary/aromatic N) is 2. The molecule has 0 aliphatic rings. The minimum atomic E-state index is 0.263. The van der Waals surface area contributed by atoms with Crippen molar-refractivity contribution in [2.45, 2.75) is 25.8 Å². The molecule has 0 saturated heterocycles. The molecular formula is C12H16N4S. The summed E-state index contributed by atoms with van der Waals surface area (Å²) < 4.78 is 0. The zero-order valence-corrected chi connectivity index (χ0v) is 10.6. The highest BCUT2D eigenvalue weighted by Crippen LogP contribution is 2.27. The Bertz CT molecular complexity index is 455. The van der Waals surface area contributed by atoms with Crippen molar-refractivity contribution in [2.75, 3.05) is 11.1 Å². The molecule has 0 fully saturated rings. The van der Waals surface area contributed by atoms with Crippen LogP contribution in [0.3, 0.4) is 0 Å². The van der Waals surface area contributed by atoms with Gasteiger partial charge >= 0.3 is 0 Å². The van der Waals surface area contributed by atoms with Crippen molar-refractivity contribution in [1.29, 1.82) is 0 Å². The van der Waals surface area contributed by atoms with Gasteiger partial charge in [0.2, 0.25) is 0 Å². The Morgan fingerprint density at radius 3 is 2.88 bits per heavy atom.